The van der Waals surface area contributed by atoms with E-state index in [4.69, 9.17) is 0 Å². The molecule has 33 heavy (non-hydrogen) atoms. The molecular weight excluding hydrogens is 456 g/mol. The number of hydrogen-bond acceptors (Lipinski definition) is 1. The van der Waals surface area contributed by atoms with Crippen LogP contribution in [0.15, 0.2) is 36.4 Å². The van der Waals surface area contributed by atoms with Gasteiger partial charge in [0, 0.05) is 5.56 Å². The van der Waals surface area contributed by atoms with Gasteiger partial charge in [0.1, 0.15) is 23.3 Å². The van der Waals surface area contributed by atoms with E-state index in [2.05, 4.69) is 4.74 Å². The smallest absolute Gasteiger partial charge is 0.387 e. The second-order valence-corrected chi connectivity index (χ2v) is 7.37. The van der Waals surface area contributed by atoms with Gasteiger partial charge in [-0.25, -0.2) is 26.3 Å². The van der Waals surface area contributed by atoms with Crippen LogP contribution in [0.2, 0.25) is 0 Å². The summed E-state index contributed by atoms with van der Waals surface area (Å²) in [6.45, 7) is -1.63. The van der Waals surface area contributed by atoms with Crippen LogP contribution in [-0.2, 0) is 19.3 Å². The molecule has 0 radical (unpaired) electrons. The number of alkyl halides is 2. The molecule has 176 valence electrons. The Labute approximate surface area is 184 Å². The lowest BCUT2D eigenvalue weighted by molar-refractivity contribution is -0.0546. The van der Waals surface area contributed by atoms with E-state index in [1.165, 1.54) is 12.1 Å². The lowest BCUT2D eigenvalue weighted by Crippen LogP contribution is -2.06. The zero-order valence-electron chi connectivity index (χ0n) is 17.3. The molecule has 0 aliphatic rings. The van der Waals surface area contributed by atoms with Gasteiger partial charge >= 0.3 is 6.61 Å². The molecule has 0 saturated heterocycles. The summed E-state index contributed by atoms with van der Waals surface area (Å²) < 4.78 is 114. The zero-order valence-corrected chi connectivity index (χ0v) is 17.3. The first-order valence-corrected chi connectivity index (χ1v) is 9.99. The third kappa shape index (κ3) is 5.64. The Hall–Kier alpha value is -3.10. The molecular formula is C24H18F8O. The molecule has 3 aromatic rings. The Morgan fingerprint density at radius 3 is 1.61 bits per heavy atom. The fourth-order valence-electron chi connectivity index (χ4n) is 3.55. The summed E-state index contributed by atoms with van der Waals surface area (Å²) in [5.74, 6) is -8.39. The Morgan fingerprint density at radius 1 is 0.636 bits per heavy atom. The SMILES string of the molecule is CCCc1cc(F)c(CCc2cc(F)c(-c3cc(F)c(OC(F)F)c(F)c3)c(F)c2)c(F)c1. The van der Waals surface area contributed by atoms with Crippen LogP contribution in [0.5, 0.6) is 5.75 Å². The fraction of sp³-hybridized carbons (Fsp3) is 0.250. The average molecular weight is 474 g/mol. The van der Waals surface area contributed by atoms with E-state index in [0.29, 0.717) is 30.5 Å². The van der Waals surface area contributed by atoms with Crippen molar-refractivity contribution in [3.63, 3.8) is 0 Å². The van der Waals surface area contributed by atoms with Crippen LogP contribution in [-0.4, -0.2) is 6.61 Å². The van der Waals surface area contributed by atoms with E-state index < -0.39 is 58.4 Å². The number of rotatable bonds is 8. The summed E-state index contributed by atoms with van der Waals surface area (Å²) in [6, 6.07) is 5.11. The topological polar surface area (TPSA) is 9.23 Å². The molecule has 0 unspecified atom stereocenters. The van der Waals surface area contributed by atoms with Crippen LogP contribution >= 0.6 is 0 Å². The summed E-state index contributed by atoms with van der Waals surface area (Å²) in [6.07, 6.45) is 0.922. The molecule has 0 aliphatic heterocycles. The van der Waals surface area contributed by atoms with E-state index in [1.807, 2.05) is 6.92 Å². The molecule has 0 bridgehead atoms. The van der Waals surface area contributed by atoms with Gasteiger partial charge in [0.05, 0.1) is 5.56 Å². The quantitative estimate of drug-likeness (QED) is 0.307. The van der Waals surface area contributed by atoms with Crippen molar-refractivity contribution in [2.24, 2.45) is 0 Å². The normalized spacial score (nSPS) is 11.3. The highest BCUT2D eigenvalue weighted by molar-refractivity contribution is 5.66. The van der Waals surface area contributed by atoms with Crippen LogP contribution in [0.3, 0.4) is 0 Å². The molecule has 0 saturated carbocycles. The van der Waals surface area contributed by atoms with Crippen molar-refractivity contribution in [1.82, 2.24) is 0 Å². The van der Waals surface area contributed by atoms with Crippen molar-refractivity contribution >= 4 is 0 Å². The first-order valence-electron chi connectivity index (χ1n) is 9.99. The molecule has 0 aromatic heterocycles. The van der Waals surface area contributed by atoms with Gasteiger partial charge in [-0.15, -0.1) is 0 Å². The standard InChI is InChI=1S/C24H18F8O/c1-2-3-12-6-16(25)15(17(26)7-12)5-4-13-8-18(27)22(19(28)9-13)14-10-20(29)23(21(30)11-14)33-24(31)32/h6-11,24H,2-5H2,1H3. The van der Waals surface area contributed by atoms with Crippen LogP contribution in [0.1, 0.15) is 30.0 Å². The number of hydrogen-bond donors (Lipinski definition) is 0. The summed E-state index contributed by atoms with van der Waals surface area (Å²) in [5, 5.41) is 0. The molecule has 9 heteroatoms. The minimum absolute atomic E-state index is 0.0591. The minimum Gasteiger partial charge on any atom is -0.429 e. The van der Waals surface area contributed by atoms with Crippen LogP contribution in [0.25, 0.3) is 11.1 Å². The maximum atomic E-state index is 14.6. The van der Waals surface area contributed by atoms with Gasteiger partial charge in [0.2, 0.25) is 0 Å². The molecule has 3 rings (SSSR count). The molecule has 0 aliphatic carbocycles. The molecule has 0 atom stereocenters. The van der Waals surface area contributed by atoms with Crippen molar-refractivity contribution in [2.75, 3.05) is 0 Å². The zero-order chi connectivity index (χ0) is 24.3. The first kappa shape index (κ1) is 24.5. The van der Waals surface area contributed by atoms with E-state index in [1.54, 1.807) is 0 Å². The maximum absolute atomic E-state index is 14.6. The first-order chi connectivity index (χ1) is 15.6. The largest absolute Gasteiger partial charge is 0.429 e. The van der Waals surface area contributed by atoms with Gasteiger partial charge in [-0.2, -0.15) is 8.78 Å². The highest BCUT2D eigenvalue weighted by Gasteiger charge is 2.21. The van der Waals surface area contributed by atoms with Gasteiger partial charge < -0.3 is 4.74 Å². The lowest BCUT2D eigenvalue weighted by Gasteiger charge is -2.12. The summed E-state index contributed by atoms with van der Waals surface area (Å²) in [7, 11) is 0. The van der Waals surface area contributed by atoms with E-state index in [9.17, 15) is 35.1 Å². The van der Waals surface area contributed by atoms with Crippen molar-refractivity contribution in [3.05, 3.63) is 88.0 Å². The number of halogens is 8. The predicted octanol–water partition coefficient (Wildman–Crippen LogP) is 7.53. The molecule has 0 heterocycles. The number of aryl methyl sites for hydroxylation is 2. The summed E-state index contributed by atoms with van der Waals surface area (Å²) >= 11 is 0. The van der Waals surface area contributed by atoms with Gasteiger partial charge in [-0.05, 0) is 72.4 Å². The van der Waals surface area contributed by atoms with Crippen LogP contribution < -0.4 is 4.74 Å². The Morgan fingerprint density at radius 2 is 1.12 bits per heavy atom. The third-order valence-electron chi connectivity index (χ3n) is 5.00. The monoisotopic (exact) mass is 474 g/mol. The maximum Gasteiger partial charge on any atom is 0.387 e. The minimum atomic E-state index is -3.50. The highest BCUT2D eigenvalue weighted by atomic mass is 19.3. The lowest BCUT2D eigenvalue weighted by atomic mass is 9.97. The third-order valence-corrected chi connectivity index (χ3v) is 5.00. The average Bonchev–Trinajstić information content (AvgIpc) is 2.70. The Balaban J connectivity index is 1.86. The van der Waals surface area contributed by atoms with E-state index in [0.717, 1.165) is 12.1 Å². The molecule has 1 nitrogen and oxygen atoms in total. The van der Waals surface area contributed by atoms with Gasteiger partial charge in [0.25, 0.3) is 0 Å². The van der Waals surface area contributed by atoms with Crippen molar-refractivity contribution in [2.45, 2.75) is 39.2 Å². The van der Waals surface area contributed by atoms with Crippen LogP contribution in [0, 0.1) is 34.9 Å². The molecule has 3 aromatic carbocycles. The molecule has 0 fully saturated rings. The van der Waals surface area contributed by atoms with E-state index >= 15 is 0 Å². The number of benzene rings is 3. The van der Waals surface area contributed by atoms with Crippen molar-refractivity contribution in [1.29, 1.82) is 0 Å². The predicted molar refractivity (Wildman–Crippen MR) is 106 cm³/mol. The fourth-order valence-corrected chi connectivity index (χ4v) is 3.55. The van der Waals surface area contributed by atoms with Gasteiger partial charge in [-0.1, -0.05) is 13.3 Å². The molecule has 0 spiro atoms. The van der Waals surface area contributed by atoms with Crippen molar-refractivity contribution < 1.29 is 39.9 Å². The molecule has 0 amide bonds. The second-order valence-electron chi connectivity index (χ2n) is 7.37. The number of ether oxygens (including phenoxy) is 1. The van der Waals surface area contributed by atoms with Crippen LogP contribution in [0.4, 0.5) is 35.1 Å². The summed E-state index contributed by atoms with van der Waals surface area (Å²) in [4.78, 5) is 0. The summed E-state index contributed by atoms with van der Waals surface area (Å²) in [5.41, 5.74) is -1.03. The Bertz CT molecular complexity index is 1090. The molecule has 0 N–H and O–H groups in total. The van der Waals surface area contributed by atoms with Gasteiger partial charge in [-0.3, -0.25) is 0 Å². The Kier molecular flexibility index (Phi) is 7.61. The van der Waals surface area contributed by atoms with Gasteiger partial charge in [0.15, 0.2) is 17.4 Å². The highest BCUT2D eigenvalue weighted by Crippen LogP contribution is 2.33. The van der Waals surface area contributed by atoms with Crippen molar-refractivity contribution in [3.8, 4) is 16.9 Å². The van der Waals surface area contributed by atoms with E-state index in [-0.39, 0.29) is 24.0 Å². The second kappa shape index (κ2) is 10.2.